The van der Waals surface area contributed by atoms with Gasteiger partial charge in [-0.3, -0.25) is 9.10 Å². The molecular weight excluding hydrogens is 551 g/mol. The molecule has 0 atom stereocenters. The summed E-state index contributed by atoms with van der Waals surface area (Å²) in [6, 6.07) is 12.7. The summed E-state index contributed by atoms with van der Waals surface area (Å²) in [6.07, 6.45) is 0. The van der Waals surface area contributed by atoms with Gasteiger partial charge in [-0.1, -0.05) is 17.7 Å². The minimum absolute atomic E-state index is 0.00559. The number of rotatable bonds is 13. The van der Waals surface area contributed by atoms with E-state index in [2.05, 4.69) is 5.32 Å². The SMILES string of the molecule is CCOc1ccc(CNC(=O)CN(c2ccc(F)c(Cl)c2)S(=O)(=O)c2ccc(OC)c(OC)c2)cc1OCC. The summed E-state index contributed by atoms with van der Waals surface area (Å²) in [4.78, 5) is 12.8. The van der Waals surface area contributed by atoms with E-state index in [0.717, 1.165) is 22.0 Å². The van der Waals surface area contributed by atoms with Crippen LogP contribution in [0.1, 0.15) is 19.4 Å². The Kier molecular flexibility index (Phi) is 10.2. The Balaban J connectivity index is 1.89. The normalized spacial score (nSPS) is 11.0. The number of sulfonamides is 1. The summed E-state index contributed by atoms with van der Waals surface area (Å²) < 4.78 is 63.7. The van der Waals surface area contributed by atoms with Crippen molar-refractivity contribution in [3.8, 4) is 23.0 Å². The first-order chi connectivity index (χ1) is 18.6. The molecule has 9 nitrogen and oxygen atoms in total. The fourth-order valence-electron chi connectivity index (χ4n) is 3.65. The number of carbonyl (C=O) groups excluding carboxylic acids is 1. The third-order valence-corrected chi connectivity index (χ3v) is 7.58. The van der Waals surface area contributed by atoms with Crippen LogP contribution in [0.5, 0.6) is 23.0 Å². The van der Waals surface area contributed by atoms with E-state index in [1.54, 1.807) is 18.2 Å². The second-order valence-corrected chi connectivity index (χ2v) is 10.3. The lowest BCUT2D eigenvalue weighted by Gasteiger charge is -2.25. The zero-order valence-corrected chi connectivity index (χ0v) is 23.6. The molecule has 0 fully saturated rings. The molecule has 0 aliphatic carbocycles. The molecule has 0 bridgehead atoms. The van der Waals surface area contributed by atoms with Crippen molar-refractivity contribution in [1.82, 2.24) is 5.32 Å². The first kappa shape index (κ1) is 29.9. The van der Waals surface area contributed by atoms with Gasteiger partial charge in [0.05, 0.1) is 43.0 Å². The fraction of sp³-hybridized carbons (Fsp3) is 0.296. The van der Waals surface area contributed by atoms with E-state index in [9.17, 15) is 17.6 Å². The summed E-state index contributed by atoms with van der Waals surface area (Å²) in [5.41, 5.74) is 0.723. The summed E-state index contributed by atoms with van der Waals surface area (Å²) in [7, 11) is -1.53. The van der Waals surface area contributed by atoms with E-state index in [-0.39, 0.29) is 27.9 Å². The van der Waals surface area contributed by atoms with Gasteiger partial charge in [0.1, 0.15) is 12.4 Å². The molecule has 0 aliphatic heterocycles. The molecule has 3 aromatic carbocycles. The Labute approximate surface area is 232 Å². The van der Waals surface area contributed by atoms with Crippen LogP contribution in [0.4, 0.5) is 10.1 Å². The quantitative estimate of drug-likeness (QED) is 0.309. The van der Waals surface area contributed by atoms with Crippen molar-refractivity contribution in [2.24, 2.45) is 0 Å². The molecule has 39 heavy (non-hydrogen) atoms. The van der Waals surface area contributed by atoms with Crippen LogP contribution in [0.25, 0.3) is 0 Å². The third kappa shape index (κ3) is 7.24. The van der Waals surface area contributed by atoms with E-state index >= 15 is 0 Å². The van der Waals surface area contributed by atoms with E-state index < -0.39 is 28.3 Å². The van der Waals surface area contributed by atoms with E-state index in [0.29, 0.717) is 30.5 Å². The second-order valence-electron chi connectivity index (χ2n) is 8.05. The monoisotopic (exact) mass is 580 g/mol. The Bertz CT molecular complexity index is 1420. The average molecular weight is 581 g/mol. The van der Waals surface area contributed by atoms with Gasteiger partial charge in [-0.15, -0.1) is 0 Å². The summed E-state index contributed by atoms with van der Waals surface area (Å²) >= 11 is 5.94. The molecule has 210 valence electrons. The Morgan fingerprint density at radius 2 is 1.56 bits per heavy atom. The van der Waals surface area contributed by atoms with Crippen LogP contribution in [-0.4, -0.2) is 48.3 Å². The number of hydrogen-bond acceptors (Lipinski definition) is 7. The molecule has 12 heteroatoms. The van der Waals surface area contributed by atoms with Crippen molar-refractivity contribution in [2.45, 2.75) is 25.3 Å². The molecule has 0 saturated carbocycles. The highest BCUT2D eigenvalue weighted by Gasteiger charge is 2.29. The number of carbonyl (C=O) groups is 1. The minimum Gasteiger partial charge on any atom is -0.493 e. The third-order valence-electron chi connectivity index (χ3n) is 5.52. The Morgan fingerprint density at radius 3 is 2.21 bits per heavy atom. The molecule has 0 heterocycles. The zero-order valence-electron chi connectivity index (χ0n) is 22.0. The summed E-state index contributed by atoms with van der Waals surface area (Å²) in [5.74, 6) is 0.285. The van der Waals surface area contributed by atoms with Gasteiger partial charge in [0.25, 0.3) is 10.0 Å². The highest BCUT2D eigenvalue weighted by atomic mass is 35.5. The Morgan fingerprint density at radius 1 is 0.897 bits per heavy atom. The number of ether oxygens (including phenoxy) is 4. The second kappa shape index (κ2) is 13.4. The van der Waals surface area contributed by atoms with E-state index in [4.69, 9.17) is 30.5 Å². The molecular formula is C27H30ClFN2O7S. The number of benzene rings is 3. The van der Waals surface area contributed by atoms with Crippen LogP contribution in [0, 0.1) is 5.82 Å². The summed E-state index contributed by atoms with van der Waals surface area (Å²) in [6.45, 7) is 4.10. The van der Waals surface area contributed by atoms with Crippen LogP contribution in [0.3, 0.4) is 0 Å². The molecule has 1 amide bonds. The average Bonchev–Trinajstić information content (AvgIpc) is 2.93. The van der Waals surface area contributed by atoms with Crippen molar-refractivity contribution < 1.29 is 36.6 Å². The number of hydrogen-bond donors (Lipinski definition) is 1. The van der Waals surface area contributed by atoms with Gasteiger partial charge in [0.2, 0.25) is 5.91 Å². The predicted molar refractivity (Wildman–Crippen MR) is 146 cm³/mol. The van der Waals surface area contributed by atoms with Gasteiger partial charge in [-0.05, 0) is 61.9 Å². The van der Waals surface area contributed by atoms with Crippen LogP contribution in [-0.2, 0) is 21.4 Å². The van der Waals surface area contributed by atoms with Crippen molar-refractivity contribution in [1.29, 1.82) is 0 Å². The van der Waals surface area contributed by atoms with Crippen LogP contribution in [0.15, 0.2) is 59.5 Å². The van der Waals surface area contributed by atoms with Crippen molar-refractivity contribution >= 4 is 33.2 Å². The highest BCUT2D eigenvalue weighted by molar-refractivity contribution is 7.92. The number of nitrogens with zero attached hydrogens (tertiary/aromatic N) is 1. The predicted octanol–water partition coefficient (Wildman–Crippen LogP) is 4.81. The number of amides is 1. The zero-order chi connectivity index (χ0) is 28.6. The minimum atomic E-state index is -4.33. The largest absolute Gasteiger partial charge is 0.493 e. The summed E-state index contributed by atoms with van der Waals surface area (Å²) in [5, 5.41) is 2.42. The molecule has 0 saturated heterocycles. The topological polar surface area (TPSA) is 103 Å². The smallest absolute Gasteiger partial charge is 0.264 e. The maximum Gasteiger partial charge on any atom is 0.264 e. The Hall–Kier alpha value is -3.70. The van der Waals surface area contributed by atoms with Gasteiger partial charge < -0.3 is 24.3 Å². The lowest BCUT2D eigenvalue weighted by molar-refractivity contribution is -0.119. The van der Waals surface area contributed by atoms with Crippen LogP contribution >= 0.6 is 11.6 Å². The first-order valence-electron chi connectivity index (χ1n) is 12.0. The standard InChI is InChI=1S/C27H30ClFN2O7S/c1-5-37-24-11-7-18(13-26(24)38-6-2)16-30-27(32)17-31(19-8-10-22(29)21(28)14-19)39(33,34)20-9-12-23(35-3)25(15-20)36-4/h7-15H,5-6,16-17H2,1-4H3,(H,30,32). The van der Waals surface area contributed by atoms with E-state index in [1.165, 1.54) is 38.5 Å². The molecule has 1 N–H and O–H groups in total. The number of halogens is 2. The van der Waals surface area contributed by atoms with Crippen LogP contribution in [0.2, 0.25) is 5.02 Å². The van der Waals surface area contributed by atoms with Gasteiger partial charge >= 0.3 is 0 Å². The van der Waals surface area contributed by atoms with Crippen molar-refractivity contribution in [3.63, 3.8) is 0 Å². The van der Waals surface area contributed by atoms with E-state index in [1.807, 2.05) is 13.8 Å². The molecule has 0 spiro atoms. The highest BCUT2D eigenvalue weighted by Crippen LogP contribution is 2.33. The van der Waals surface area contributed by atoms with Gasteiger partial charge in [-0.2, -0.15) is 0 Å². The molecule has 0 aromatic heterocycles. The number of nitrogens with one attached hydrogen (secondary N) is 1. The number of anilines is 1. The first-order valence-corrected chi connectivity index (χ1v) is 13.8. The van der Waals surface area contributed by atoms with Crippen molar-refractivity contribution in [2.75, 3.05) is 38.3 Å². The maximum absolute atomic E-state index is 13.9. The molecule has 0 radical (unpaired) electrons. The van der Waals surface area contributed by atoms with Gasteiger partial charge in [0.15, 0.2) is 23.0 Å². The molecule has 3 aromatic rings. The van der Waals surface area contributed by atoms with Crippen molar-refractivity contribution in [3.05, 3.63) is 71.0 Å². The molecule has 0 unspecified atom stereocenters. The maximum atomic E-state index is 13.9. The van der Waals surface area contributed by atoms with Gasteiger partial charge in [0, 0.05) is 12.6 Å². The number of methoxy groups -OCH3 is 2. The fourth-order valence-corrected chi connectivity index (χ4v) is 5.26. The lowest BCUT2D eigenvalue weighted by Crippen LogP contribution is -2.40. The van der Waals surface area contributed by atoms with Gasteiger partial charge in [-0.25, -0.2) is 12.8 Å². The van der Waals surface area contributed by atoms with Crippen LogP contribution < -0.4 is 28.6 Å². The lowest BCUT2D eigenvalue weighted by atomic mass is 10.2. The molecule has 0 aliphatic rings. The molecule has 3 rings (SSSR count).